The Balaban J connectivity index is 1.16. The van der Waals surface area contributed by atoms with Gasteiger partial charge in [-0.05, 0) is 29.7 Å². The van der Waals surface area contributed by atoms with Crippen molar-refractivity contribution in [3.8, 4) is 11.5 Å². The molecule has 164 valence electrons. The molecule has 2 fully saturated rings. The van der Waals surface area contributed by atoms with Crippen LogP contribution in [-0.4, -0.2) is 47.5 Å². The van der Waals surface area contributed by atoms with E-state index >= 15 is 0 Å². The lowest BCUT2D eigenvalue weighted by Gasteiger charge is -2.44. The molecule has 2 saturated heterocycles. The maximum absolute atomic E-state index is 12.8. The van der Waals surface area contributed by atoms with Crippen LogP contribution in [0, 0.1) is 5.92 Å². The molecule has 0 spiro atoms. The zero-order valence-corrected chi connectivity index (χ0v) is 17.7. The quantitative estimate of drug-likeness (QED) is 0.649. The molecule has 2 unspecified atom stereocenters. The summed E-state index contributed by atoms with van der Waals surface area (Å²) in [6, 6.07) is 17.3. The molecule has 2 aromatic carbocycles. The topological polar surface area (TPSA) is 84.7 Å². The second kappa shape index (κ2) is 8.96. The molecule has 5 rings (SSSR count). The first-order valence-electron chi connectivity index (χ1n) is 10.9. The highest BCUT2D eigenvalue weighted by molar-refractivity contribution is 5.92. The van der Waals surface area contributed by atoms with Gasteiger partial charge in [-0.1, -0.05) is 42.5 Å². The number of fused-ring (bicyclic) bond motifs is 1. The van der Waals surface area contributed by atoms with Crippen molar-refractivity contribution in [1.29, 1.82) is 0 Å². The number of oxazole rings is 1. The highest BCUT2D eigenvalue weighted by Crippen LogP contribution is 2.30. The average molecular weight is 431 g/mol. The molecule has 0 aliphatic carbocycles. The Bertz CT molecular complexity index is 1090. The number of aromatic nitrogens is 1. The Morgan fingerprint density at radius 1 is 1.06 bits per heavy atom. The standard InChI is InChI=1S/C25H25N3O4/c29-23(12-17-4-2-1-3-5-17)26-13-18-6-8-19(9-7-18)24-27-21(16-32-24)25(30)28-11-10-20-15-31-22(20)14-28/h1-9,16,20,22H,10-15H2,(H,26,29). The van der Waals surface area contributed by atoms with E-state index in [1.807, 2.05) is 54.6 Å². The van der Waals surface area contributed by atoms with E-state index in [2.05, 4.69) is 10.3 Å². The van der Waals surface area contributed by atoms with E-state index in [0.717, 1.165) is 36.3 Å². The van der Waals surface area contributed by atoms with Crippen molar-refractivity contribution in [3.05, 3.63) is 77.7 Å². The Hall–Kier alpha value is -3.45. The first-order valence-corrected chi connectivity index (χ1v) is 10.9. The van der Waals surface area contributed by atoms with Crippen molar-refractivity contribution in [2.24, 2.45) is 5.92 Å². The maximum Gasteiger partial charge on any atom is 0.275 e. The average Bonchev–Trinajstić information content (AvgIpc) is 3.29. The summed E-state index contributed by atoms with van der Waals surface area (Å²) < 4.78 is 11.1. The smallest absolute Gasteiger partial charge is 0.275 e. The fourth-order valence-electron chi connectivity index (χ4n) is 4.13. The Morgan fingerprint density at radius 3 is 2.59 bits per heavy atom. The van der Waals surface area contributed by atoms with Gasteiger partial charge in [-0.3, -0.25) is 9.59 Å². The second-order valence-corrected chi connectivity index (χ2v) is 8.35. The third-order valence-electron chi connectivity index (χ3n) is 6.13. The monoisotopic (exact) mass is 431 g/mol. The molecule has 3 aromatic rings. The van der Waals surface area contributed by atoms with Gasteiger partial charge in [0.2, 0.25) is 11.8 Å². The van der Waals surface area contributed by atoms with Crippen LogP contribution >= 0.6 is 0 Å². The molecule has 1 aromatic heterocycles. The Labute approximate surface area is 186 Å². The second-order valence-electron chi connectivity index (χ2n) is 8.35. The van der Waals surface area contributed by atoms with Gasteiger partial charge in [0.25, 0.3) is 5.91 Å². The first-order chi connectivity index (χ1) is 15.7. The van der Waals surface area contributed by atoms with Crippen LogP contribution in [0.5, 0.6) is 0 Å². The number of hydrogen-bond acceptors (Lipinski definition) is 5. The molecular formula is C25H25N3O4. The van der Waals surface area contributed by atoms with Crippen molar-refractivity contribution in [2.75, 3.05) is 19.7 Å². The summed E-state index contributed by atoms with van der Waals surface area (Å²) >= 11 is 0. The maximum atomic E-state index is 12.8. The molecule has 0 bridgehead atoms. The fourth-order valence-corrected chi connectivity index (χ4v) is 4.13. The van der Waals surface area contributed by atoms with E-state index in [1.54, 1.807) is 4.90 Å². The van der Waals surface area contributed by atoms with Gasteiger partial charge in [-0.25, -0.2) is 4.98 Å². The number of ether oxygens (including phenoxy) is 1. The molecule has 2 aliphatic rings. The lowest BCUT2D eigenvalue weighted by Crippen LogP contribution is -2.54. The van der Waals surface area contributed by atoms with Crippen LogP contribution in [0.4, 0.5) is 0 Å². The van der Waals surface area contributed by atoms with Crippen molar-refractivity contribution in [1.82, 2.24) is 15.2 Å². The number of rotatable bonds is 6. The van der Waals surface area contributed by atoms with Gasteiger partial charge in [0.05, 0.1) is 19.1 Å². The summed E-state index contributed by atoms with van der Waals surface area (Å²) in [7, 11) is 0. The minimum absolute atomic E-state index is 0.0209. The summed E-state index contributed by atoms with van der Waals surface area (Å²) in [6.45, 7) is 2.61. The number of nitrogens with zero attached hydrogens (tertiary/aromatic N) is 2. The molecule has 0 saturated carbocycles. The summed E-state index contributed by atoms with van der Waals surface area (Å²) in [5.74, 6) is 0.857. The van der Waals surface area contributed by atoms with E-state index in [4.69, 9.17) is 9.15 Å². The number of hydrogen-bond donors (Lipinski definition) is 1. The predicted octanol–water partition coefficient (Wildman–Crippen LogP) is 3.06. The number of carbonyl (C=O) groups excluding carboxylic acids is 2. The van der Waals surface area contributed by atoms with Gasteiger partial charge in [-0.15, -0.1) is 0 Å². The minimum Gasteiger partial charge on any atom is -0.444 e. The van der Waals surface area contributed by atoms with Gasteiger partial charge in [-0.2, -0.15) is 0 Å². The van der Waals surface area contributed by atoms with E-state index in [0.29, 0.717) is 37.0 Å². The predicted molar refractivity (Wildman–Crippen MR) is 118 cm³/mol. The van der Waals surface area contributed by atoms with Gasteiger partial charge >= 0.3 is 0 Å². The molecule has 0 radical (unpaired) electrons. The highest BCUT2D eigenvalue weighted by atomic mass is 16.5. The SMILES string of the molecule is O=C(Cc1ccccc1)NCc1ccc(-c2nc(C(=O)N3CCC4COC4C3)co2)cc1. The molecule has 2 atom stereocenters. The lowest BCUT2D eigenvalue weighted by atomic mass is 9.90. The zero-order chi connectivity index (χ0) is 21.9. The highest BCUT2D eigenvalue weighted by Gasteiger charge is 2.39. The van der Waals surface area contributed by atoms with Gasteiger partial charge in [0.15, 0.2) is 5.69 Å². The van der Waals surface area contributed by atoms with Gasteiger partial charge in [0.1, 0.15) is 6.26 Å². The molecule has 3 heterocycles. The molecular weight excluding hydrogens is 406 g/mol. The van der Waals surface area contributed by atoms with Crippen LogP contribution in [0.3, 0.4) is 0 Å². The third kappa shape index (κ3) is 4.43. The normalized spacial score (nSPS) is 19.7. The van der Waals surface area contributed by atoms with Crippen molar-refractivity contribution in [3.63, 3.8) is 0 Å². The first kappa shape index (κ1) is 20.5. The largest absolute Gasteiger partial charge is 0.444 e. The number of likely N-dealkylation sites (tertiary alicyclic amines) is 1. The number of nitrogens with one attached hydrogen (secondary N) is 1. The van der Waals surface area contributed by atoms with Crippen LogP contribution < -0.4 is 5.32 Å². The van der Waals surface area contributed by atoms with Crippen molar-refractivity contribution in [2.45, 2.75) is 25.5 Å². The molecule has 2 aliphatic heterocycles. The van der Waals surface area contributed by atoms with Crippen LogP contribution in [0.2, 0.25) is 0 Å². The van der Waals surface area contributed by atoms with Crippen LogP contribution in [0.25, 0.3) is 11.5 Å². The fraction of sp³-hybridized carbons (Fsp3) is 0.320. The summed E-state index contributed by atoms with van der Waals surface area (Å²) in [5, 5.41) is 2.94. The number of benzene rings is 2. The Kier molecular flexibility index (Phi) is 5.73. The van der Waals surface area contributed by atoms with Gasteiger partial charge in [0, 0.05) is 31.1 Å². The Morgan fingerprint density at radius 2 is 1.88 bits per heavy atom. The van der Waals surface area contributed by atoms with Crippen LogP contribution in [-0.2, 0) is 22.5 Å². The number of piperidine rings is 1. The summed E-state index contributed by atoms with van der Waals surface area (Å²) in [5.41, 5.74) is 3.06. The third-order valence-corrected chi connectivity index (χ3v) is 6.13. The summed E-state index contributed by atoms with van der Waals surface area (Å²) in [4.78, 5) is 31.1. The number of carbonyl (C=O) groups is 2. The minimum atomic E-state index is -0.119. The van der Waals surface area contributed by atoms with E-state index in [1.165, 1.54) is 6.26 Å². The van der Waals surface area contributed by atoms with Gasteiger partial charge < -0.3 is 19.4 Å². The van der Waals surface area contributed by atoms with E-state index in [-0.39, 0.29) is 17.9 Å². The van der Waals surface area contributed by atoms with Crippen molar-refractivity contribution >= 4 is 11.8 Å². The van der Waals surface area contributed by atoms with E-state index in [9.17, 15) is 9.59 Å². The van der Waals surface area contributed by atoms with Crippen LogP contribution in [0.15, 0.2) is 65.3 Å². The number of amides is 2. The zero-order valence-electron chi connectivity index (χ0n) is 17.7. The summed E-state index contributed by atoms with van der Waals surface area (Å²) in [6.07, 6.45) is 2.92. The van der Waals surface area contributed by atoms with E-state index < -0.39 is 0 Å². The lowest BCUT2D eigenvalue weighted by molar-refractivity contribution is -0.143. The van der Waals surface area contributed by atoms with Crippen LogP contribution in [0.1, 0.15) is 28.0 Å². The molecule has 32 heavy (non-hydrogen) atoms. The molecule has 2 amide bonds. The molecule has 1 N–H and O–H groups in total. The molecule has 7 heteroatoms. The van der Waals surface area contributed by atoms with Crippen molar-refractivity contribution < 1.29 is 18.7 Å². The molecule has 7 nitrogen and oxygen atoms in total.